The number of halogens is 1. The van der Waals surface area contributed by atoms with Gasteiger partial charge in [0.15, 0.2) is 11.4 Å². The number of aliphatic hydroxyl groups excluding tert-OH is 2. The topological polar surface area (TPSA) is 161 Å². The lowest BCUT2D eigenvalue weighted by atomic mass is 9.59. The van der Waals surface area contributed by atoms with Gasteiger partial charge in [-0.15, -0.1) is 0 Å². The lowest BCUT2D eigenvalue weighted by Crippen LogP contribution is -2.58. The molecule has 1 unspecified atom stereocenters. The van der Waals surface area contributed by atoms with Gasteiger partial charge < -0.3 is 26.2 Å². The molecule has 10 heteroatoms. The number of fused-ring (bicyclic) bond motifs is 3. The van der Waals surface area contributed by atoms with Crippen LogP contribution in [0.15, 0.2) is 23.0 Å². The van der Waals surface area contributed by atoms with Crippen molar-refractivity contribution in [2.75, 3.05) is 13.1 Å². The van der Waals surface area contributed by atoms with Crippen LogP contribution in [0.1, 0.15) is 49.8 Å². The van der Waals surface area contributed by atoms with Gasteiger partial charge in [0.25, 0.3) is 5.91 Å². The van der Waals surface area contributed by atoms with Gasteiger partial charge >= 0.3 is 0 Å². The van der Waals surface area contributed by atoms with Crippen molar-refractivity contribution in [2.45, 2.75) is 51.7 Å². The van der Waals surface area contributed by atoms with Crippen LogP contribution in [0.5, 0.6) is 5.75 Å². The molecule has 9 nitrogen and oxygen atoms in total. The number of amides is 1. The maximum absolute atomic E-state index is 13.5. The Bertz CT molecular complexity index is 1200. The fraction of sp³-hybridized carbons (Fsp3) is 0.480. The van der Waals surface area contributed by atoms with E-state index in [9.17, 15) is 34.8 Å². The van der Waals surface area contributed by atoms with Crippen molar-refractivity contribution in [1.82, 2.24) is 4.90 Å². The maximum Gasteiger partial charge on any atom is 0.255 e. The van der Waals surface area contributed by atoms with Gasteiger partial charge in [-0.05, 0) is 55.5 Å². The lowest BCUT2D eigenvalue weighted by molar-refractivity contribution is -0.147. The lowest BCUT2D eigenvalue weighted by Gasteiger charge is -2.46. The van der Waals surface area contributed by atoms with Crippen molar-refractivity contribution in [3.05, 3.63) is 44.7 Å². The summed E-state index contributed by atoms with van der Waals surface area (Å²) in [5.74, 6) is -6.52. The Labute approximate surface area is 207 Å². The van der Waals surface area contributed by atoms with Gasteiger partial charge in [0.2, 0.25) is 5.78 Å². The second-order valence-corrected chi connectivity index (χ2v) is 9.88. The van der Waals surface area contributed by atoms with Crippen molar-refractivity contribution < 1.29 is 34.8 Å². The van der Waals surface area contributed by atoms with Gasteiger partial charge in [-0.2, -0.15) is 0 Å². The van der Waals surface area contributed by atoms with Crippen molar-refractivity contribution in [2.24, 2.45) is 17.6 Å². The molecule has 1 aromatic carbocycles. The van der Waals surface area contributed by atoms with Gasteiger partial charge in [0, 0.05) is 29.5 Å². The Balaban J connectivity index is 1.83. The molecule has 1 amide bonds. The normalized spacial score (nSPS) is 26.1. The number of hydrogen-bond acceptors (Lipinski definition) is 8. The monoisotopic (exact) mass is 504 g/mol. The first-order valence-electron chi connectivity index (χ1n) is 11.7. The van der Waals surface area contributed by atoms with E-state index in [0.29, 0.717) is 22.7 Å². The summed E-state index contributed by atoms with van der Waals surface area (Å²) in [4.78, 5) is 39.8. The number of carbonyl (C=O) groups excluding carboxylic acids is 3. The third-order valence-electron chi connectivity index (χ3n) is 7.45. The van der Waals surface area contributed by atoms with Crippen molar-refractivity contribution in [1.29, 1.82) is 0 Å². The Morgan fingerprint density at radius 2 is 1.91 bits per heavy atom. The summed E-state index contributed by atoms with van der Waals surface area (Å²) in [7, 11) is 0. The van der Waals surface area contributed by atoms with Crippen LogP contribution < -0.4 is 5.73 Å². The van der Waals surface area contributed by atoms with Crippen LogP contribution in [-0.2, 0) is 27.3 Å². The highest BCUT2D eigenvalue weighted by molar-refractivity contribution is 6.32. The predicted molar refractivity (Wildman–Crippen MR) is 128 cm³/mol. The molecule has 188 valence electrons. The van der Waals surface area contributed by atoms with E-state index in [0.717, 1.165) is 19.5 Å². The molecule has 0 spiro atoms. The summed E-state index contributed by atoms with van der Waals surface area (Å²) in [5.41, 5.74) is 2.81. The van der Waals surface area contributed by atoms with Crippen LogP contribution in [0.3, 0.4) is 0 Å². The van der Waals surface area contributed by atoms with Gasteiger partial charge in [-0.25, -0.2) is 0 Å². The largest absolute Gasteiger partial charge is 0.508 e. The smallest absolute Gasteiger partial charge is 0.255 e. The van der Waals surface area contributed by atoms with E-state index in [1.165, 1.54) is 6.07 Å². The molecule has 0 saturated heterocycles. The van der Waals surface area contributed by atoms with E-state index in [-0.39, 0.29) is 36.1 Å². The highest BCUT2D eigenvalue weighted by Crippen LogP contribution is 2.53. The number of primary amides is 1. The number of nitrogens with zero attached hydrogens (tertiary/aromatic N) is 1. The van der Waals surface area contributed by atoms with Crippen LogP contribution in [0.4, 0.5) is 0 Å². The third kappa shape index (κ3) is 3.73. The highest BCUT2D eigenvalue weighted by Gasteiger charge is 2.60. The third-order valence-corrected chi connectivity index (χ3v) is 7.92. The van der Waals surface area contributed by atoms with Crippen LogP contribution in [0.25, 0.3) is 5.76 Å². The summed E-state index contributed by atoms with van der Waals surface area (Å²) in [6, 6.07) is 1.46. The fourth-order valence-corrected chi connectivity index (χ4v) is 6.03. The highest BCUT2D eigenvalue weighted by atomic mass is 35.5. The Morgan fingerprint density at radius 3 is 2.51 bits per heavy atom. The summed E-state index contributed by atoms with van der Waals surface area (Å²) in [6.45, 7) is 6.21. The molecule has 3 atom stereocenters. The van der Waals surface area contributed by atoms with E-state index in [1.807, 2.05) is 6.92 Å². The number of aromatic hydroxyl groups is 1. The molecule has 6 N–H and O–H groups in total. The van der Waals surface area contributed by atoms with Crippen LogP contribution >= 0.6 is 11.6 Å². The van der Waals surface area contributed by atoms with Crippen molar-refractivity contribution in [3.8, 4) is 5.75 Å². The van der Waals surface area contributed by atoms with Crippen LogP contribution in [0.2, 0.25) is 5.02 Å². The van der Waals surface area contributed by atoms with E-state index >= 15 is 0 Å². The van der Waals surface area contributed by atoms with Gasteiger partial charge in [0.1, 0.15) is 22.8 Å². The van der Waals surface area contributed by atoms with E-state index < -0.39 is 52.0 Å². The van der Waals surface area contributed by atoms with Crippen molar-refractivity contribution in [3.63, 3.8) is 0 Å². The minimum atomic E-state index is -2.57. The van der Waals surface area contributed by atoms with Gasteiger partial charge in [-0.1, -0.05) is 25.4 Å². The first kappa shape index (κ1) is 25.2. The summed E-state index contributed by atoms with van der Waals surface area (Å²) < 4.78 is 0. The molecule has 0 radical (unpaired) electrons. The number of nitrogens with two attached hydrogens (primary N) is 1. The molecule has 1 aromatic rings. The minimum absolute atomic E-state index is 0.00409. The molecule has 0 bridgehead atoms. The first-order chi connectivity index (χ1) is 16.5. The summed E-state index contributed by atoms with van der Waals surface area (Å²) in [5, 5.41) is 44.2. The standard InChI is InChI=1S/C25H29ClN2O7/c1-3-5-28(4-2)10-12-8-15(29)18-14(20(12)26)7-11-6-13-9-16(30)19(24(27)34)23(33)25(13,35)22(32)17(11)21(18)31/h8,11,13,29,31,33,35H,3-7,9-10H2,1-2H3,(H2,27,34)/t11?,13-,25-/m0/s1. The first-order valence-corrected chi connectivity index (χ1v) is 12.1. The maximum atomic E-state index is 13.5. The average Bonchev–Trinajstić information content (AvgIpc) is 2.78. The summed E-state index contributed by atoms with van der Waals surface area (Å²) in [6.07, 6.45) is 0.848. The van der Waals surface area contributed by atoms with Crippen molar-refractivity contribution >= 4 is 34.8 Å². The number of benzene rings is 1. The van der Waals surface area contributed by atoms with Crippen LogP contribution in [0, 0.1) is 11.8 Å². The zero-order valence-corrected chi connectivity index (χ0v) is 20.4. The fourth-order valence-electron chi connectivity index (χ4n) is 5.75. The number of aliphatic hydroxyl groups is 3. The number of phenols is 1. The molecule has 0 aromatic heterocycles. The SMILES string of the molecule is CCCN(CC)Cc1cc(O)c2c(c1Cl)CC1C[C@H]3CC(=O)C(C(N)=O)=C(O)[C@@]3(O)C(=O)C1=C2O. The molecule has 1 saturated carbocycles. The molecular weight excluding hydrogens is 476 g/mol. The zero-order chi connectivity index (χ0) is 25.8. The number of Topliss-reactive ketones (excluding diaryl/α,β-unsaturated/α-hetero) is 2. The number of hydrogen-bond donors (Lipinski definition) is 5. The average molecular weight is 505 g/mol. The zero-order valence-electron chi connectivity index (χ0n) is 19.6. The number of phenolic OH excluding ortho intramolecular Hbond substituents is 1. The second kappa shape index (κ2) is 8.96. The molecule has 35 heavy (non-hydrogen) atoms. The summed E-state index contributed by atoms with van der Waals surface area (Å²) >= 11 is 6.74. The Morgan fingerprint density at radius 1 is 1.23 bits per heavy atom. The molecule has 3 aliphatic carbocycles. The second-order valence-electron chi connectivity index (χ2n) is 9.50. The molecule has 3 aliphatic rings. The quantitative estimate of drug-likeness (QED) is 0.369. The molecule has 0 aliphatic heterocycles. The molecule has 0 heterocycles. The number of carbonyl (C=O) groups is 3. The number of rotatable bonds is 6. The van der Waals surface area contributed by atoms with E-state index in [2.05, 4.69) is 11.8 Å². The molecule has 1 fully saturated rings. The van der Waals surface area contributed by atoms with E-state index in [1.54, 1.807) is 0 Å². The molecular formula is C25H29ClN2O7. The van der Waals surface area contributed by atoms with E-state index in [4.69, 9.17) is 17.3 Å². The van der Waals surface area contributed by atoms with Gasteiger partial charge in [0.05, 0.1) is 5.56 Å². The van der Waals surface area contributed by atoms with Gasteiger partial charge in [-0.3, -0.25) is 19.3 Å². The minimum Gasteiger partial charge on any atom is -0.508 e. The Hall–Kier alpha value is -2.88. The predicted octanol–water partition coefficient (Wildman–Crippen LogP) is 2.31. The Kier molecular flexibility index (Phi) is 6.46. The van der Waals surface area contributed by atoms with Crippen LogP contribution in [-0.4, -0.2) is 61.5 Å². The molecule has 4 rings (SSSR count). The number of ketones is 2.